The number of hydrogen-bond donors (Lipinski definition) is 3. The van der Waals surface area contributed by atoms with E-state index in [1.807, 2.05) is 19.1 Å². The first-order valence-electron chi connectivity index (χ1n) is 9.30. The zero-order valence-corrected chi connectivity index (χ0v) is 16.2. The van der Waals surface area contributed by atoms with E-state index in [2.05, 4.69) is 15.6 Å². The number of H-pyrrole nitrogens is 1. The number of benzene rings is 2. The number of aromatic nitrogens is 2. The Morgan fingerprint density at radius 1 is 1.03 bits per heavy atom. The van der Waals surface area contributed by atoms with Crippen LogP contribution < -0.4 is 21.9 Å². The molecular weight excluding hydrogens is 372 g/mol. The molecule has 0 fully saturated rings. The summed E-state index contributed by atoms with van der Waals surface area (Å²) in [5.74, 6) is -0.433. The molecule has 0 aliphatic carbocycles. The molecule has 2 amide bonds. The average Bonchev–Trinajstić information content (AvgIpc) is 2.71. The van der Waals surface area contributed by atoms with Crippen molar-refractivity contribution < 1.29 is 9.59 Å². The molecule has 8 nitrogen and oxygen atoms in total. The molecule has 29 heavy (non-hydrogen) atoms. The van der Waals surface area contributed by atoms with Crippen LogP contribution in [0.2, 0.25) is 0 Å². The number of nitrogens with zero attached hydrogens (tertiary/aromatic N) is 1. The van der Waals surface area contributed by atoms with Gasteiger partial charge in [-0.05, 0) is 36.8 Å². The van der Waals surface area contributed by atoms with E-state index in [-0.39, 0.29) is 24.4 Å². The van der Waals surface area contributed by atoms with Crippen LogP contribution in [0.25, 0.3) is 10.9 Å². The number of para-hydroxylation sites is 1. The number of fused-ring (bicyclic) bond motifs is 1. The number of hydrogen-bond acceptors (Lipinski definition) is 4. The second kappa shape index (κ2) is 8.55. The maximum atomic E-state index is 12.5. The largest absolute Gasteiger partial charge is 0.348 e. The van der Waals surface area contributed by atoms with Gasteiger partial charge in [-0.2, -0.15) is 0 Å². The number of anilines is 1. The highest BCUT2D eigenvalue weighted by atomic mass is 16.2. The first-order chi connectivity index (χ1) is 13.9. The van der Waals surface area contributed by atoms with Crippen LogP contribution in [-0.2, 0) is 16.1 Å². The molecule has 1 atom stereocenters. The van der Waals surface area contributed by atoms with E-state index in [4.69, 9.17) is 0 Å². The van der Waals surface area contributed by atoms with Crippen LogP contribution in [0.5, 0.6) is 0 Å². The van der Waals surface area contributed by atoms with E-state index in [0.29, 0.717) is 23.0 Å². The number of carbonyl (C=O) groups excluding carboxylic acids is 2. The zero-order valence-electron chi connectivity index (χ0n) is 16.2. The van der Waals surface area contributed by atoms with Crippen molar-refractivity contribution in [2.75, 3.05) is 5.32 Å². The summed E-state index contributed by atoms with van der Waals surface area (Å²) in [4.78, 5) is 50.3. The number of rotatable bonds is 6. The van der Waals surface area contributed by atoms with E-state index in [1.165, 1.54) is 4.57 Å². The summed E-state index contributed by atoms with van der Waals surface area (Å²) in [5.41, 5.74) is 0.829. The average molecular weight is 394 g/mol. The second-order valence-corrected chi connectivity index (χ2v) is 6.68. The van der Waals surface area contributed by atoms with Crippen molar-refractivity contribution in [1.82, 2.24) is 14.9 Å². The van der Waals surface area contributed by atoms with Gasteiger partial charge in [0, 0.05) is 12.1 Å². The minimum Gasteiger partial charge on any atom is -0.348 e. The summed E-state index contributed by atoms with van der Waals surface area (Å²) in [6.07, 6.45) is 0.396. The smallest absolute Gasteiger partial charge is 0.329 e. The molecule has 1 unspecified atom stereocenters. The second-order valence-electron chi connectivity index (χ2n) is 6.68. The van der Waals surface area contributed by atoms with Crippen LogP contribution in [0.1, 0.15) is 31.9 Å². The van der Waals surface area contributed by atoms with Gasteiger partial charge in [0.05, 0.1) is 16.9 Å². The summed E-state index contributed by atoms with van der Waals surface area (Å²) in [6, 6.07) is 13.5. The van der Waals surface area contributed by atoms with Gasteiger partial charge >= 0.3 is 5.69 Å². The molecule has 2 aromatic carbocycles. The number of nitrogens with one attached hydrogen (secondary N) is 3. The first kappa shape index (κ1) is 20.1. The van der Waals surface area contributed by atoms with Crippen molar-refractivity contribution >= 4 is 28.4 Å². The lowest BCUT2D eigenvalue weighted by molar-refractivity contribution is -0.122. The van der Waals surface area contributed by atoms with E-state index < -0.39 is 11.2 Å². The van der Waals surface area contributed by atoms with Crippen LogP contribution in [0.4, 0.5) is 5.69 Å². The third-order valence-electron chi connectivity index (χ3n) is 4.60. The van der Waals surface area contributed by atoms with Crippen LogP contribution in [0.3, 0.4) is 0 Å². The molecule has 0 bridgehead atoms. The summed E-state index contributed by atoms with van der Waals surface area (Å²) >= 11 is 0. The Labute approximate surface area is 166 Å². The van der Waals surface area contributed by atoms with E-state index in [9.17, 15) is 19.2 Å². The Hall–Kier alpha value is -3.68. The summed E-state index contributed by atoms with van der Waals surface area (Å²) in [6.45, 7) is 3.38. The lowest BCUT2D eigenvalue weighted by atomic mass is 10.1. The van der Waals surface area contributed by atoms with Crippen molar-refractivity contribution in [2.45, 2.75) is 32.9 Å². The van der Waals surface area contributed by atoms with Crippen LogP contribution in [0.15, 0.2) is 58.1 Å². The lowest BCUT2D eigenvalue weighted by Crippen LogP contribution is -2.37. The molecular formula is C21H22N4O4. The van der Waals surface area contributed by atoms with Gasteiger partial charge in [-0.15, -0.1) is 0 Å². The molecule has 3 rings (SSSR count). The fourth-order valence-electron chi connectivity index (χ4n) is 3.02. The monoisotopic (exact) mass is 394 g/mol. The fraction of sp³-hybridized carbons (Fsp3) is 0.238. The Balaban J connectivity index is 1.73. The highest BCUT2D eigenvalue weighted by Crippen LogP contribution is 2.16. The molecule has 0 aliphatic heterocycles. The Bertz CT molecular complexity index is 1160. The minimum atomic E-state index is -0.632. The molecule has 0 radical (unpaired) electrons. The fourth-order valence-corrected chi connectivity index (χ4v) is 3.02. The Morgan fingerprint density at radius 3 is 2.41 bits per heavy atom. The zero-order chi connectivity index (χ0) is 21.0. The quantitative estimate of drug-likeness (QED) is 0.593. The molecule has 1 heterocycles. The number of carbonyl (C=O) groups is 2. The minimum absolute atomic E-state index is 0.0716. The van der Waals surface area contributed by atoms with Gasteiger partial charge in [-0.3, -0.25) is 23.9 Å². The normalized spacial score (nSPS) is 11.8. The molecule has 8 heteroatoms. The molecule has 0 saturated heterocycles. The molecule has 0 aliphatic rings. The van der Waals surface area contributed by atoms with Crippen LogP contribution in [-0.4, -0.2) is 21.4 Å². The van der Waals surface area contributed by atoms with Crippen molar-refractivity contribution in [1.29, 1.82) is 0 Å². The van der Waals surface area contributed by atoms with Gasteiger partial charge in [0.2, 0.25) is 11.8 Å². The maximum absolute atomic E-state index is 12.5. The molecule has 150 valence electrons. The summed E-state index contributed by atoms with van der Waals surface area (Å²) in [7, 11) is 0. The predicted octanol–water partition coefficient (Wildman–Crippen LogP) is 1.92. The van der Waals surface area contributed by atoms with Gasteiger partial charge in [0.25, 0.3) is 5.56 Å². The van der Waals surface area contributed by atoms with Gasteiger partial charge in [0.1, 0.15) is 6.54 Å². The Morgan fingerprint density at radius 2 is 1.72 bits per heavy atom. The third kappa shape index (κ3) is 4.60. The first-order valence-corrected chi connectivity index (χ1v) is 9.30. The number of amides is 2. The van der Waals surface area contributed by atoms with Gasteiger partial charge in [-0.1, -0.05) is 31.2 Å². The van der Waals surface area contributed by atoms with E-state index >= 15 is 0 Å². The summed E-state index contributed by atoms with van der Waals surface area (Å²) < 4.78 is 1.24. The topological polar surface area (TPSA) is 113 Å². The van der Waals surface area contributed by atoms with Gasteiger partial charge < -0.3 is 10.6 Å². The van der Waals surface area contributed by atoms with Crippen LogP contribution >= 0.6 is 0 Å². The third-order valence-corrected chi connectivity index (χ3v) is 4.60. The summed E-state index contributed by atoms with van der Waals surface area (Å²) in [5, 5.41) is 5.96. The lowest BCUT2D eigenvalue weighted by Gasteiger charge is -2.16. The molecule has 0 spiro atoms. The molecule has 3 N–H and O–H groups in total. The van der Waals surface area contributed by atoms with Crippen molar-refractivity contribution in [3.8, 4) is 0 Å². The maximum Gasteiger partial charge on any atom is 0.329 e. The highest BCUT2D eigenvalue weighted by molar-refractivity contribution is 5.90. The van der Waals surface area contributed by atoms with Gasteiger partial charge in [-0.25, -0.2) is 4.79 Å². The van der Waals surface area contributed by atoms with Crippen molar-refractivity contribution in [3.05, 3.63) is 74.9 Å². The molecule has 0 saturated carbocycles. The highest BCUT2D eigenvalue weighted by Gasteiger charge is 2.14. The number of aromatic amines is 1. The SMILES string of the molecule is CCC(=O)Nc1ccc(C(C)NC(=O)Cn2c(=O)[nH]c(=O)c3ccccc32)cc1. The molecule has 1 aromatic heterocycles. The predicted molar refractivity (Wildman–Crippen MR) is 111 cm³/mol. The van der Waals surface area contributed by atoms with Crippen LogP contribution in [0, 0.1) is 0 Å². The molecule has 3 aromatic rings. The van der Waals surface area contributed by atoms with E-state index in [1.54, 1.807) is 43.3 Å². The van der Waals surface area contributed by atoms with Crippen molar-refractivity contribution in [2.24, 2.45) is 0 Å². The van der Waals surface area contributed by atoms with Crippen molar-refractivity contribution in [3.63, 3.8) is 0 Å². The van der Waals surface area contributed by atoms with E-state index in [0.717, 1.165) is 5.56 Å². The standard InChI is InChI=1S/C21H22N4O4/c1-3-18(26)23-15-10-8-14(9-11-15)13(2)22-19(27)12-25-17-7-5-4-6-16(17)20(28)24-21(25)29/h4-11,13H,3,12H2,1-2H3,(H,22,27)(H,23,26)(H,24,28,29). The Kier molecular flexibility index (Phi) is 5.92. The van der Waals surface area contributed by atoms with Gasteiger partial charge in [0.15, 0.2) is 0 Å².